The third kappa shape index (κ3) is 5.51. The fourth-order valence-corrected chi connectivity index (χ4v) is 1.64. The highest BCUT2D eigenvalue weighted by atomic mass is 17.1. The number of unbranched alkanes of at least 4 members (excludes halogenated alkanes) is 3. The van der Waals surface area contributed by atoms with Gasteiger partial charge >= 0.3 is 5.97 Å². The summed E-state index contributed by atoms with van der Waals surface area (Å²) < 4.78 is 0. The lowest BCUT2D eigenvalue weighted by molar-refractivity contribution is -0.234. The molecule has 0 aliphatic carbocycles. The lowest BCUT2D eigenvalue weighted by atomic mass is 10.1. The molecule has 0 spiro atoms. The lowest BCUT2D eigenvalue weighted by Crippen LogP contribution is -1.99. The number of carbonyl (C=O) groups excluding carboxylic acids is 1. The van der Waals surface area contributed by atoms with Gasteiger partial charge in [-0.1, -0.05) is 43.2 Å². The second-order valence-corrected chi connectivity index (χ2v) is 3.86. The first-order chi connectivity index (χ1) is 7.83. The zero-order valence-electron chi connectivity index (χ0n) is 9.39. The highest BCUT2D eigenvalue weighted by Crippen LogP contribution is 2.08. The minimum atomic E-state index is -0.539. The van der Waals surface area contributed by atoms with Crippen molar-refractivity contribution in [2.24, 2.45) is 0 Å². The van der Waals surface area contributed by atoms with Gasteiger partial charge in [0.25, 0.3) is 0 Å². The summed E-state index contributed by atoms with van der Waals surface area (Å²) in [6.45, 7) is 0. The number of hydrogen-bond acceptors (Lipinski definition) is 3. The maximum Gasteiger partial charge on any atom is 0.342 e. The molecular weight excluding hydrogens is 204 g/mol. The Balaban J connectivity index is 1.98. The molecule has 0 amide bonds. The largest absolute Gasteiger partial charge is 0.342 e. The van der Waals surface area contributed by atoms with Crippen molar-refractivity contribution in [1.82, 2.24) is 0 Å². The van der Waals surface area contributed by atoms with Crippen LogP contribution in [0.2, 0.25) is 0 Å². The van der Waals surface area contributed by atoms with Crippen molar-refractivity contribution >= 4 is 5.97 Å². The van der Waals surface area contributed by atoms with Gasteiger partial charge in [0.1, 0.15) is 0 Å². The normalized spacial score (nSPS) is 10.1. The molecule has 3 nitrogen and oxygen atoms in total. The highest BCUT2D eigenvalue weighted by molar-refractivity contribution is 5.68. The van der Waals surface area contributed by atoms with Crippen molar-refractivity contribution in [3.8, 4) is 0 Å². The zero-order valence-corrected chi connectivity index (χ0v) is 9.39. The standard InChI is InChI=1S/C13H18O3/c14-13(16-15)11-7-2-1-4-8-12-9-5-3-6-10-12/h3,5-6,9-10,15H,1-2,4,7-8,11H2. The Morgan fingerprint density at radius 1 is 1.06 bits per heavy atom. The summed E-state index contributed by atoms with van der Waals surface area (Å²) in [7, 11) is 0. The van der Waals surface area contributed by atoms with Crippen LogP contribution in [0.3, 0.4) is 0 Å². The van der Waals surface area contributed by atoms with E-state index in [1.165, 1.54) is 5.56 Å². The van der Waals surface area contributed by atoms with Gasteiger partial charge in [-0.05, 0) is 24.8 Å². The van der Waals surface area contributed by atoms with E-state index < -0.39 is 5.97 Å². The summed E-state index contributed by atoms with van der Waals surface area (Å²) in [5, 5.41) is 8.04. The van der Waals surface area contributed by atoms with E-state index in [0.29, 0.717) is 6.42 Å². The monoisotopic (exact) mass is 222 g/mol. The maximum absolute atomic E-state index is 10.6. The molecule has 0 fully saturated rings. The topological polar surface area (TPSA) is 46.5 Å². The molecule has 0 saturated heterocycles. The minimum absolute atomic E-state index is 0.307. The van der Waals surface area contributed by atoms with Crippen LogP contribution in [0.4, 0.5) is 0 Å². The first-order valence-electron chi connectivity index (χ1n) is 5.71. The van der Waals surface area contributed by atoms with Crippen LogP contribution in [0, 0.1) is 0 Å². The molecule has 0 aromatic heterocycles. The summed E-state index contributed by atoms with van der Waals surface area (Å²) in [5.74, 6) is -0.539. The van der Waals surface area contributed by atoms with Crippen molar-refractivity contribution < 1.29 is 14.9 Å². The SMILES string of the molecule is O=C(CCCCCCc1ccccc1)OO. The molecule has 0 radical (unpaired) electrons. The van der Waals surface area contributed by atoms with Gasteiger partial charge in [-0.2, -0.15) is 5.26 Å². The number of benzene rings is 1. The molecule has 1 aromatic rings. The smallest absolute Gasteiger partial charge is 0.301 e. The van der Waals surface area contributed by atoms with Crippen LogP contribution in [-0.4, -0.2) is 11.2 Å². The molecule has 0 atom stereocenters. The summed E-state index contributed by atoms with van der Waals surface area (Å²) in [5.41, 5.74) is 1.36. The lowest BCUT2D eigenvalue weighted by Gasteiger charge is -2.01. The highest BCUT2D eigenvalue weighted by Gasteiger charge is 2.00. The van der Waals surface area contributed by atoms with Gasteiger partial charge in [-0.25, -0.2) is 4.79 Å². The van der Waals surface area contributed by atoms with E-state index in [2.05, 4.69) is 17.0 Å². The molecule has 88 valence electrons. The van der Waals surface area contributed by atoms with E-state index in [4.69, 9.17) is 5.26 Å². The first kappa shape index (κ1) is 12.7. The number of carbonyl (C=O) groups is 1. The molecular formula is C13H18O3. The average Bonchev–Trinajstić information content (AvgIpc) is 2.34. The van der Waals surface area contributed by atoms with E-state index in [1.807, 2.05) is 18.2 Å². The van der Waals surface area contributed by atoms with Crippen molar-refractivity contribution in [3.05, 3.63) is 35.9 Å². The molecule has 0 saturated carbocycles. The molecule has 3 heteroatoms. The number of hydrogen-bond donors (Lipinski definition) is 1. The predicted octanol–water partition coefficient (Wildman–Crippen LogP) is 3.20. The quantitative estimate of drug-likeness (QED) is 0.438. The van der Waals surface area contributed by atoms with E-state index in [-0.39, 0.29) is 0 Å². The minimum Gasteiger partial charge on any atom is -0.301 e. The van der Waals surface area contributed by atoms with E-state index >= 15 is 0 Å². The van der Waals surface area contributed by atoms with Gasteiger partial charge in [-0.15, -0.1) is 0 Å². The summed E-state index contributed by atoms with van der Waals surface area (Å²) in [6, 6.07) is 10.4. The number of aryl methyl sites for hydroxylation is 1. The Hall–Kier alpha value is -1.35. The third-order valence-corrected chi connectivity index (χ3v) is 2.54. The van der Waals surface area contributed by atoms with Crippen molar-refractivity contribution in [1.29, 1.82) is 0 Å². The Morgan fingerprint density at radius 2 is 1.75 bits per heavy atom. The van der Waals surface area contributed by atoms with Gasteiger partial charge in [-0.3, -0.25) is 0 Å². The van der Waals surface area contributed by atoms with Crippen LogP contribution in [0.1, 0.15) is 37.7 Å². The second kappa shape index (κ2) is 7.88. The van der Waals surface area contributed by atoms with Gasteiger partial charge in [0.15, 0.2) is 0 Å². The predicted molar refractivity (Wildman–Crippen MR) is 62.0 cm³/mol. The first-order valence-corrected chi connectivity index (χ1v) is 5.71. The van der Waals surface area contributed by atoms with Crippen LogP contribution in [-0.2, 0) is 16.1 Å². The van der Waals surface area contributed by atoms with E-state index in [0.717, 1.165) is 32.1 Å². The third-order valence-electron chi connectivity index (χ3n) is 2.54. The van der Waals surface area contributed by atoms with Crippen LogP contribution >= 0.6 is 0 Å². The molecule has 0 bridgehead atoms. The summed E-state index contributed by atoms with van der Waals surface area (Å²) >= 11 is 0. The van der Waals surface area contributed by atoms with Crippen LogP contribution in [0.15, 0.2) is 30.3 Å². The van der Waals surface area contributed by atoms with Gasteiger partial charge < -0.3 is 4.89 Å². The Kier molecular flexibility index (Phi) is 6.26. The molecule has 16 heavy (non-hydrogen) atoms. The molecule has 1 aromatic carbocycles. The van der Waals surface area contributed by atoms with Crippen LogP contribution < -0.4 is 0 Å². The fraction of sp³-hybridized carbons (Fsp3) is 0.462. The molecule has 0 aliphatic heterocycles. The molecule has 0 unspecified atom stereocenters. The van der Waals surface area contributed by atoms with E-state index in [9.17, 15) is 4.79 Å². The Morgan fingerprint density at radius 3 is 2.44 bits per heavy atom. The second-order valence-electron chi connectivity index (χ2n) is 3.86. The van der Waals surface area contributed by atoms with E-state index in [1.54, 1.807) is 0 Å². The van der Waals surface area contributed by atoms with Crippen molar-refractivity contribution in [3.63, 3.8) is 0 Å². The van der Waals surface area contributed by atoms with Crippen molar-refractivity contribution in [2.75, 3.05) is 0 Å². The molecule has 0 aliphatic rings. The molecule has 0 heterocycles. The average molecular weight is 222 g/mol. The summed E-state index contributed by atoms with van der Waals surface area (Å²) in [6.07, 6.45) is 5.43. The van der Waals surface area contributed by atoms with Crippen LogP contribution in [0.5, 0.6) is 0 Å². The molecule has 1 N–H and O–H groups in total. The summed E-state index contributed by atoms with van der Waals surface area (Å²) in [4.78, 5) is 14.2. The van der Waals surface area contributed by atoms with Gasteiger partial charge in [0.05, 0.1) is 0 Å². The van der Waals surface area contributed by atoms with Crippen molar-refractivity contribution in [2.45, 2.75) is 38.5 Å². The van der Waals surface area contributed by atoms with Gasteiger partial charge in [0.2, 0.25) is 0 Å². The van der Waals surface area contributed by atoms with Crippen LogP contribution in [0.25, 0.3) is 0 Å². The zero-order chi connectivity index (χ0) is 11.6. The number of rotatable bonds is 7. The Labute approximate surface area is 96.0 Å². The molecule has 1 rings (SSSR count). The fourth-order valence-electron chi connectivity index (χ4n) is 1.64. The Bertz CT molecular complexity index is 295. The maximum atomic E-state index is 10.6. The van der Waals surface area contributed by atoms with Gasteiger partial charge in [0, 0.05) is 6.42 Å².